The Morgan fingerprint density at radius 3 is 2.33 bits per heavy atom. The summed E-state index contributed by atoms with van der Waals surface area (Å²) >= 11 is 0. The van der Waals surface area contributed by atoms with Crippen LogP contribution in [0.1, 0.15) is 50.8 Å². The molecule has 0 saturated carbocycles. The van der Waals surface area contributed by atoms with Gasteiger partial charge in [0.25, 0.3) is 0 Å². The lowest BCUT2D eigenvalue weighted by atomic mass is 9.97. The molecule has 0 radical (unpaired) electrons. The van der Waals surface area contributed by atoms with Crippen LogP contribution in [0.25, 0.3) is 17.0 Å². The van der Waals surface area contributed by atoms with Crippen LogP contribution in [-0.4, -0.2) is 81.8 Å². The maximum atomic E-state index is 13.9. The van der Waals surface area contributed by atoms with E-state index >= 15 is 0 Å². The molecule has 3 aromatic carbocycles. The van der Waals surface area contributed by atoms with Gasteiger partial charge in [-0.1, -0.05) is 74.5 Å². The first-order valence-corrected chi connectivity index (χ1v) is 18.5. The Morgan fingerprint density at radius 2 is 1.63 bits per heavy atom. The second-order valence-electron chi connectivity index (χ2n) is 14.4. The predicted molar refractivity (Wildman–Crippen MR) is 208 cm³/mol. The van der Waals surface area contributed by atoms with E-state index in [0.29, 0.717) is 31.6 Å². The lowest BCUT2D eigenvalue weighted by molar-refractivity contribution is -0.242. The first-order chi connectivity index (χ1) is 25.9. The third-order valence-electron chi connectivity index (χ3n) is 9.56. The number of fused-ring (bicyclic) bond motifs is 1. The summed E-state index contributed by atoms with van der Waals surface area (Å²) in [6.45, 7) is 7.62. The molecular formula is C42H53N5O7. The highest BCUT2D eigenvalue weighted by molar-refractivity contribution is 5.88. The van der Waals surface area contributed by atoms with E-state index in [-0.39, 0.29) is 23.6 Å². The van der Waals surface area contributed by atoms with Gasteiger partial charge in [0.2, 0.25) is 24.0 Å². The molecule has 1 aromatic heterocycles. The van der Waals surface area contributed by atoms with Crippen molar-refractivity contribution >= 4 is 34.7 Å². The van der Waals surface area contributed by atoms with Crippen LogP contribution >= 0.6 is 0 Å². The number of aliphatic hydroxyl groups is 2. The summed E-state index contributed by atoms with van der Waals surface area (Å²) in [5, 5.41) is 34.2. The summed E-state index contributed by atoms with van der Waals surface area (Å²) in [5.74, 6) is -0.160. The van der Waals surface area contributed by atoms with Crippen molar-refractivity contribution < 1.29 is 34.1 Å². The Kier molecular flexibility index (Phi) is 14.0. The maximum absolute atomic E-state index is 13.9. The normalized spacial score (nSPS) is 21.1. The fourth-order valence-corrected chi connectivity index (χ4v) is 6.77. The van der Waals surface area contributed by atoms with E-state index in [1.807, 2.05) is 72.4 Å². The number of aliphatic hydroxyl groups excluding tert-OH is 2. The second kappa shape index (κ2) is 18.8. The lowest BCUT2D eigenvalue weighted by Crippen LogP contribution is -2.63. The van der Waals surface area contributed by atoms with E-state index in [1.54, 1.807) is 43.5 Å². The predicted octanol–water partition coefficient (Wildman–Crippen LogP) is 3.59. The van der Waals surface area contributed by atoms with E-state index in [0.717, 1.165) is 27.6 Å². The summed E-state index contributed by atoms with van der Waals surface area (Å²) in [5.41, 5.74) is 3.95. The van der Waals surface area contributed by atoms with Crippen LogP contribution in [0, 0.1) is 5.92 Å². The van der Waals surface area contributed by atoms with Gasteiger partial charge in [-0.15, -0.1) is 0 Å². The molecule has 7 atom stereocenters. The van der Waals surface area contributed by atoms with E-state index in [1.165, 1.54) is 6.92 Å². The molecule has 1 aliphatic rings. The molecule has 1 saturated heterocycles. The zero-order valence-electron chi connectivity index (χ0n) is 31.6. The van der Waals surface area contributed by atoms with Crippen molar-refractivity contribution in [3.63, 3.8) is 0 Å². The van der Waals surface area contributed by atoms with Crippen LogP contribution in [0.5, 0.6) is 5.75 Å². The van der Waals surface area contributed by atoms with Crippen molar-refractivity contribution in [2.45, 2.75) is 89.7 Å². The zero-order valence-corrected chi connectivity index (χ0v) is 31.6. The highest BCUT2D eigenvalue weighted by Gasteiger charge is 2.44. The summed E-state index contributed by atoms with van der Waals surface area (Å²) in [7, 11) is 1.98. The number of nitrogens with zero attached hydrogens (tertiary/aromatic N) is 1. The molecule has 12 nitrogen and oxygen atoms in total. The molecule has 5 rings (SSSR count). The number of hydrogen-bond donors (Lipinski definition) is 6. The first kappa shape index (κ1) is 40.2. The molecule has 0 bridgehead atoms. The molecule has 1 fully saturated rings. The molecule has 4 aromatic rings. The van der Waals surface area contributed by atoms with Gasteiger partial charge in [-0.3, -0.25) is 19.7 Å². The van der Waals surface area contributed by atoms with Crippen molar-refractivity contribution in [2.24, 2.45) is 13.0 Å². The number of nitrogens with one attached hydrogen (secondary N) is 4. The second-order valence-corrected chi connectivity index (χ2v) is 14.4. The quantitative estimate of drug-likeness (QED) is 0.102. The topological polar surface area (TPSA) is 163 Å². The minimum atomic E-state index is -1.39. The van der Waals surface area contributed by atoms with E-state index in [4.69, 9.17) is 9.47 Å². The average molecular weight is 740 g/mol. The molecule has 54 heavy (non-hydrogen) atoms. The van der Waals surface area contributed by atoms with Gasteiger partial charge in [0.1, 0.15) is 18.0 Å². The maximum Gasteiger partial charge on any atom is 0.241 e. The molecule has 0 unspecified atom stereocenters. The SMILES string of the molecule is CC(=O)N[C@@H]1[C@H](O)[C@@H](O)[C@H](Oc2ccc(/C=C\NC(=O)[C@H](Cc3cn(C)c4ccccc34)N[C@H](CC(C)C)C(=O)NCCc3ccccc3)cc2)O[C@@H]1C. The number of amides is 3. The number of benzene rings is 3. The van der Waals surface area contributed by atoms with Crippen LogP contribution in [-0.2, 0) is 39.0 Å². The van der Waals surface area contributed by atoms with Crippen molar-refractivity contribution in [2.75, 3.05) is 6.54 Å². The Morgan fingerprint density at radius 1 is 0.926 bits per heavy atom. The number of hydrogen-bond acceptors (Lipinski definition) is 8. The summed E-state index contributed by atoms with van der Waals surface area (Å²) < 4.78 is 13.6. The van der Waals surface area contributed by atoms with E-state index < -0.39 is 42.7 Å². The monoisotopic (exact) mass is 739 g/mol. The summed E-state index contributed by atoms with van der Waals surface area (Å²) in [4.78, 5) is 39.0. The van der Waals surface area contributed by atoms with Crippen molar-refractivity contribution in [3.05, 3.63) is 108 Å². The molecule has 2 heterocycles. The number of aryl methyl sites for hydroxylation is 1. The number of carbonyl (C=O) groups excluding carboxylic acids is 3. The van der Waals surface area contributed by atoms with Crippen molar-refractivity contribution in [1.29, 1.82) is 0 Å². The Labute approximate surface area is 316 Å². The zero-order chi connectivity index (χ0) is 38.8. The molecule has 0 spiro atoms. The summed E-state index contributed by atoms with van der Waals surface area (Å²) in [6, 6.07) is 22.9. The molecule has 0 aliphatic carbocycles. The Bertz CT molecular complexity index is 1880. The minimum absolute atomic E-state index is 0.143. The molecule has 6 N–H and O–H groups in total. The van der Waals surface area contributed by atoms with Crippen LogP contribution in [0.4, 0.5) is 0 Å². The highest BCUT2D eigenvalue weighted by atomic mass is 16.7. The standard InChI is InChI=1S/C42H53N5O7/c1-26(2)23-34(40(51)43-21-19-29-11-7-6-8-12-29)46-35(24-31-25-47(5)36-14-10-9-13-33(31)36)41(52)44-22-20-30-15-17-32(18-16-30)54-42-39(50)38(49)37(27(3)53-42)45-28(4)48/h6-18,20,22,25-27,34-35,37-39,42,46,49-50H,19,21,23-24H2,1-5H3,(H,43,51)(H,44,52)(H,45,48)/b22-20-/t27-,34-,35+,37+,38+,39-,42+/m1/s1. The van der Waals surface area contributed by atoms with Crippen LogP contribution in [0.3, 0.4) is 0 Å². The Balaban J connectivity index is 1.25. The van der Waals surface area contributed by atoms with E-state index in [2.05, 4.69) is 35.1 Å². The van der Waals surface area contributed by atoms with Gasteiger partial charge in [0.15, 0.2) is 0 Å². The Hall–Kier alpha value is -5.01. The molecule has 12 heteroatoms. The number of ether oxygens (including phenoxy) is 2. The average Bonchev–Trinajstić information content (AvgIpc) is 3.46. The largest absolute Gasteiger partial charge is 0.462 e. The highest BCUT2D eigenvalue weighted by Crippen LogP contribution is 2.25. The lowest BCUT2D eigenvalue weighted by Gasteiger charge is -2.41. The summed E-state index contributed by atoms with van der Waals surface area (Å²) in [6.07, 6.45) is 2.57. The van der Waals surface area contributed by atoms with Gasteiger partial charge in [-0.2, -0.15) is 0 Å². The van der Waals surface area contributed by atoms with E-state index in [9.17, 15) is 24.6 Å². The third kappa shape index (κ3) is 10.8. The molecule has 1 aliphatic heterocycles. The smallest absolute Gasteiger partial charge is 0.241 e. The fourth-order valence-electron chi connectivity index (χ4n) is 6.77. The number of carbonyl (C=O) groups is 3. The van der Waals surface area contributed by atoms with Crippen molar-refractivity contribution in [1.82, 2.24) is 25.8 Å². The van der Waals surface area contributed by atoms with Gasteiger partial charge in [-0.05, 0) is 73.1 Å². The van der Waals surface area contributed by atoms with Crippen molar-refractivity contribution in [3.8, 4) is 5.75 Å². The number of aromatic nitrogens is 1. The molecule has 3 amide bonds. The van der Waals surface area contributed by atoms with Gasteiger partial charge in [0, 0.05) is 43.8 Å². The van der Waals surface area contributed by atoms with Gasteiger partial charge < -0.3 is 40.2 Å². The number of rotatable bonds is 16. The first-order valence-electron chi connectivity index (χ1n) is 18.5. The third-order valence-corrected chi connectivity index (χ3v) is 9.56. The molecule has 288 valence electrons. The fraction of sp³-hybridized carbons (Fsp3) is 0.405. The van der Waals surface area contributed by atoms with Gasteiger partial charge >= 0.3 is 0 Å². The van der Waals surface area contributed by atoms with Gasteiger partial charge in [-0.25, -0.2) is 0 Å². The number of para-hydroxylation sites is 1. The van der Waals surface area contributed by atoms with Crippen LogP contribution in [0.2, 0.25) is 0 Å². The van der Waals surface area contributed by atoms with Crippen LogP contribution < -0.4 is 26.0 Å². The van der Waals surface area contributed by atoms with Gasteiger partial charge in [0.05, 0.1) is 24.2 Å². The van der Waals surface area contributed by atoms with Crippen LogP contribution in [0.15, 0.2) is 91.3 Å². The minimum Gasteiger partial charge on any atom is -0.462 e. The molecular weight excluding hydrogens is 686 g/mol.